The van der Waals surface area contributed by atoms with E-state index in [-0.39, 0.29) is 17.5 Å². The standard InChI is InChI=1S/C17H26FNO2/c1-3-11-19-16(14-5-7-15(18)8-6-14)17(21-4-2)9-12-20-13-10-17/h5-8,16,19H,3-4,9-13H2,1-2H3. The molecule has 1 N–H and O–H groups in total. The quantitative estimate of drug-likeness (QED) is 0.835. The van der Waals surface area contributed by atoms with Crippen LogP contribution in [0.25, 0.3) is 0 Å². The van der Waals surface area contributed by atoms with Crippen LogP contribution in [-0.4, -0.2) is 32.0 Å². The van der Waals surface area contributed by atoms with E-state index in [0.29, 0.717) is 19.8 Å². The van der Waals surface area contributed by atoms with Crippen molar-refractivity contribution < 1.29 is 13.9 Å². The van der Waals surface area contributed by atoms with E-state index in [9.17, 15) is 4.39 Å². The lowest BCUT2D eigenvalue weighted by molar-refractivity contribution is -0.128. The molecule has 2 rings (SSSR count). The summed E-state index contributed by atoms with van der Waals surface area (Å²) < 4.78 is 24.9. The highest BCUT2D eigenvalue weighted by atomic mass is 19.1. The van der Waals surface area contributed by atoms with Crippen LogP contribution in [0.3, 0.4) is 0 Å². The Bertz CT molecular complexity index is 410. The van der Waals surface area contributed by atoms with Crippen LogP contribution < -0.4 is 5.32 Å². The monoisotopic (exact) mass is 295 g/mol. The first-order valence-electron chi connectivity index (χ1n) is 7.92. The third-order valence-electron chi connectivity index (χ3n) is 4.10. The van der Waals surface area contributed by atoms with Gasteiger partial charge in [-0.2, -0.15) is 0 Å². The van der Waals surface area contributed by atoms with Gasteiger partial charge in [0.05, 0.1) is 11.6 Å². The third-order valence-corrected chi connectivity index (χ3v) is 4.10. The lowest BCUT2D eigenvalue weighted by atomic mass is 9.82. The van der Waals surface area contributed by atoms with Crippen LogP contribution in [0.1, 0.15) is 44.7 Å². The van der Waals surface area contributed by atoms with Crippen LogP contribution in [0.5, 0.6) is 0 Å². The molecule has 1 aliphatic heterocycles. The molecule has 4 heteroatoms. The summed E-state index contributed by atoms with van der Waals surface area (Å²) in [6.45, 7) is 7.19. The fourth-order valence-electron chi connectivity index (χ4n) is 3.07. The first-order chi connectivity index (χ1) is 10.2. The number of rotatable bonds is 7. The molecule has 1 aromatic rings. The molecule has 0 radical (unpaired) electrons. The Kier molecular flexibility index (Phi) is 6.15. The maximum absolute atomic E-state index is 13.2. The molecule has 1 aliphatic rings. The van der Waals surface area contributed by atoms with Crippen LogP contribution in [0, 0.1) is 5.82 Å². The Balaban J connectivity index is 2.29. The van der Waals surface area contributed by atoms with E-state index in [1.165, 1.54) is 12.1 Å². The summed E-state index contributed by atoms with van der Waals surface area (Å²) in [5.41, 5.74) is 0.820. The second-order valence-corrected chi connectivity index (χ2v) is 5.55. The summed E-state index contributed by atoms with van der Waals surface area (Å²) in [6.07, 6.45) is 2.77. The molecule has 21 heavy (non-hydrogen) atoms. The van der Waals surface area contributed by atoms with Gasteiger partial charge in [-0.25, -0.2) is 4.39 Å². The zero-order valence-corrected chi connectivity index (χ0v) is 13.0. The molecular weight excluding hydrogens is 269 g/mol. The molecule has 0 spiro atoms. The summed E-state index contributed by atoms with van der Waals surface area (Å²) in [6, 6.07) is 6.84. The van der Waals surface area contributed by atoms with Crippen LogP contribution >= 0.6 is 0 Å². The normalized spacial score (nSPS) is 19.4. The molecule has 1 saturated heterocycles. The first-order valence-corrected chi connectivity index (χ1v) is 7.92. The lowest BCUT2D eigenvalue weighted by Gasteiger charge is -2.43. The Morgan fingerprint density at radius 2 is 1.90 bits per heavy atom. The molecule has 0 bridgehead atoms. The molecule has 1 unspecified atom stereocenters. The van der Waals surface area contributed by atoms with Gasteiger partial charge in [0.15, 0.2) is 0 Å². The average molecular weight is 295 g/mol. The molecule has 118 valence electrons. The van der Waals surface area contributed by atoms with E-state index in [0.717, 1.165) is 31.4 Å². The summed E-state index contributed by atoms with van der Waals surface area (Å²) in [7, 11) is 0. The maximum atomic E-state index is 13.2. The number of ether oxygens (including phenoxy) is 2. The van der Waals surface area contributed by atoms with Crippen LogP contribution in [-0.2, 0) is 9.47 Å². The molecule has 0 aliphatic carbocycles. The van der Waals surface area contributed by atoms with Gasteiger partial charge in [0, 0.05) is 32.7 Å². The van der Waals surface area contributed by atoms with E-state index in [1.54, 1.807) is 0 Å². The van der Waals surface area contributed by atoms with Gasteiger partial charge in [0.2, 0.25) is 0 Å². The van der Waals surface area contributed by atoms with E-state index in [2.05, 4.69) is 12.2 Å². The molecule has 0 aromatic heterocycles. The van der Waals surface area contributed by atoms with Crippen molar-refractivity contribution in [2.75, 3.05) is 26.4 Å². The predicted octanol–water partition coefficient (Wildman–Crippen LogP) is 3.45. The zero-order valence-electron chi connectivity index (χ0n) is 13.0. The minimum atomic E-state index is -0.264. The van der Waals surface area contributed by atoms with Crippen molar-refractivity contribution in [3.8, 4) is 0 Å². The molecule has 0 amide bonds. The largest absolute Gasteiger partial charge is 0.381 e. The number of hydrogen-bond acceptors (Lipinski definition) is 3. The molecule has 1 atom stereocenters. The molecule has 3 nitrogen and oxygen atoms in total. The molecule has 1 fully saturated rings. The summed E-state index contributed by atoms with van der Waals surface area (Å²) in [4.78, 5) is 0. The van der Waals surface area contributed by atoms with Gasteiger partial charge in [-0.1, -0.05) is 19.1 Å². The Morgan fingerprint density at radius 3 is 2.48 bits per heavy atom. The second-order valence-electron chi connectivity index (χ2n) is 5.55. The van der Waals surface area contributed by atoms with Crippen molar-refractivity contribution in [3.63, 3.8) is 0 Å². The minimum Gasteiger partial charge on any atom is -0.381 e. The number of hydrogen-bond donors (Lipinski definition) is 1. The van der Waals surface area contributed by atoms with Crippen LogP contribution in [0.2, 0.25) is 0 Å². The highest BCUT2D eigenvalue weighted by Gasteiger charge is 2.41. The lowest BCUT2D eigenvalue weighted by Crippen LogP contribution is -2.50. The van der Waals surface area contributed by atoms with Gasteiger partial charge in [-0.05, 0) is 37.6 Å². The molecule has 1 aromatic carbocycles. The van der Waals surface area contributed by atoms with E-state index in [4.69, 9.17) is 9.47 Å². The van der Waals surface area contributed by atoms with Crippen molar-refractivity contribution in [3.05, 3.63) is 35.6 Å². The zero-order chi connectivity index (χ0) is 15.1. The highest BCUT2D eigenvalue weighted by molar-refractivity contribution is 5.23. The summed E-state index contributed by atoms with van der Waals surface area (Å²) in [5, 5.41) is 3.60. The molecule has 0 saturated carbocycles. The number of halogens is 1. The van der Waals surface area contributed by atoms with Crippen LogP contribution in [0.15, 0.2) is 24.3 Å². The molecule has 1 heterocycles. The maximum Gasteiger partial charge on any atom is 0.123 e. The SMILES string of the molecule is CCCNC(c1ccc(F)cc1)C1(OCC)CCOCC1. The summed E-state index contributed by atoms with van der Waals surface area (Å²) in [5.74, 6) is -0.203. The predicted molar refractivity (Wildman–Crippen MR) is 81.8 cm³/mol. The average Bonchev–Trinajstić information content (AvgIpc) is 2.50. The van der Waals surface area contributed by atoms with Crippen molar-refractivity contribution in [1.82, 2.24) is 5.32 Å². The number of nitrogens with one attached hydrogen (secondary N) is 1. The molecular formula is C17H26FNO2. The van der Waals surface area contributed by atoms with Crippen molar-refractivity contribution in [2.45, 2.75) is 44.8 Å². The van der Waals surface area contributed by atoms with Crippen molar-refractivity contribution >= 4 is 0 Å². The Labute approximate surface area is 126 Å². The highest BCUT2D eigenvalue weighted by Crippen LogP contribution is 2.38. The smallest absolute Gasteiger partial charge is 0.123 e. The van der Waals surface area contributed by atoms with Crippen molar-refractivity contribution in [2.24, 2.45) is 0 Å². The number of benzene rings is 1. The van der Waals surface area contributed by atoms with Gasteiger partial charge in [0.1, 0.15) is 5.82 Å². The fraction of sp³-hybridized carbons (Fsp3) is 0.647. The first kappa shape index (κ1) is 16.4. The van der Waals surface area contributed by atoms with Gasteiger partial charge >= 0.3 is 0 Å². The van der Waals surface area contributed by atoms with Gasteiger partial charge in [0.25, 0.3) is 0 Å². The topological polar surface area (TPSA) is 30.5 Å². The van der Waals surface area contributed by atoms with Gasteiger partial charge in [-0.15, -0.1) is 0 Å². The summed E-state index contributed by atoms with van der Waals surface area (Å²) >= 11 is 0. The fourth-order valence-corrected chi connectivity index (χ4v) is 3.07. The second kappa shape index (κ2) is 7.87. The third kappa shape index (κ3) is 4.02. The van der Waals surface area contributed by atoms with Crippen LogP contribution in [0.4, 0.5) is 4.39 Å². The minimum absolute atomic E-state index is 0.0712. The van der Waals surface area contributed by atoms with Crippen molar-refractivity contribution in [1.29, 1.82) is 0 Å². The Hall–Kier alpha value is -0.970. The van der Waals surface area contributed by atoms with E-state index in [1.807, 2.05) is 19.1 Å². The Morgan fingerprint density at radius 1 is 1.24 bits per heavy atom. The van der Waals surface area contributed by atoms with Gasteiger partial charge in [-0.3, -0.25) is 0 Å². The van der Waals surface area contributed by atoms with Gasteiger partial charge < -0.3 is 14.8 Å². The van der Waals surface area contributed by atoms with E-state index >= 15 is 0 Å². The van der Waals surface area contributed by atoms with E-state index < -0.39 is 0 Å².